The highest BCUT2D eigenvalue weighted by molar-refractivity contribution is 6.30. The van der Waals surface area contributed by atoms with E-state index in [2.05, 4.69) is 31.2 Å². The van der Waals surface area contributed by atoms with Crippen molar-refractivity contribution in [1.82, 2.24) is 30.0 Å². The van der Waals surface area contributed by atoms with E-state index in [1.165, 1.54) is 0 Å². The monoisotopic (exact) mass is 484 g/mol. The lowest BCUT2D eigenvalue weighted by Gasteiger charge is -2.31. The lowest BCUT2D eigenvalue weighted by molar-refractivity contribution is 0.0696. The number of nitrogens with one attached hydrogen (secondary N) is 3. The molecule has 12 heteroatoms. The lowest BCUT2D eigenvalue weighted by Crippen LogP contribution is -2.52. The number of carbonyl (C=O) groups excluding carboxylic acids is 1. The van der Waals surface area contributed by atoms with Gasteiger partial charge in [0, 0.05) is 24.0 Å². The summed E-state index contributed by atoms with van der Waals surface area (Å²) in [5.74, 6) is 1.56. The van der Waals surface area contributed by atoms with Gasteiger partial charge in [0.1, 0.15) is 13.2 Å². The number of fused-ring (bicyclic) bond motifs is 1. The molecule has 1 amide bonds. The van der Waals surface area contributed by atoms with Gasteiger partial charge in [0.05, 0.1) is 24.4 Å². The number of aromatic nitrogens is 4. The molecular weight excluding hydrogens is 460 g/mol. The molecule has 0 radical (unpaired) electrons. The summed E-state index contributed by atoms with van der Waals surface area (Å²) in [5, 5.41) is 11.4. The van der Waals surface area contributed by atoms with Crippen molar-refractivity contribution in [2.75, 3.05) is 37.1 Å². The highest BCUT2D eigenvalue weighted by Gasteiger charge is 2.34. The first-order chi connectivity index (χ1) is 16.5. The summed E-state index contributed by atoms with van der Waals surface area (Å²) in [5.41, 5.74) is 5.51. The summed E-state index contributed by atoms with van der Waals surface area (Å²) in [4.78, 5) is 23.9. The van der Waals surface area contributed by atoms with Crippen LogP contribution in [-0.2, 0) is 11.3 Å². The average Bonchev–Trinajstić information content (AvgIpc) is 3.53. The molecular formula is C22H25ClN8O3. The number of hydrogen-bond donors (Lipinski definition) is 3. The van der Waals surface area contributed by atoms with Crippen LogP contribution in [0.3, 0.4) is 0 Å². The first-order valence-corrected chi connectivity index (χ1v) is 11.7. The van der Waals surface area contributed by atoms with Crippen molar-refractivity contribution < 1.29 is 14.1 Å². The molecule has 3 aromatic rings. The number of halogens is 1. The number of amides is 1. The number of benzene rings is 1. The average molecular weight is 485 g/mol. The maximum Gasteiger partial charge on any atom is 0.276 e. The molecule has 0 aliphatic carbocycles. The number of aryl methyl sites for hydroxylation is 1. The molecule has 2 saturated heterocycles. The van der Waals surface area contributed by atoms with Gasteiger partial charge >= 0.3 is 0 Å². The first-order valence-electron chi connectivity index (χ1n) is 11.3. The largest absolute Gasteiger partial charge is 0.373 e. The Morgan fingerprint density at radius 1 is 1.24 bits per heavy atom. The standard InChI is InChI=1S/C22H25ClN8O3/c1-12-19-21(32)30(11-25-31(19)22(26-12)27-16-7-24-8-16)9-18-28-20(29-34-18)14-6-17(33-10-14)13-2-4-15(23)5-3-13/h2-5,14,16-17,24-25H,6-11H2,1H3,(H,26,27)/t14-,17+/m0/s1. The number of anilines is 1. The molecule has 34 heavy (non-hydrogen) atoms. The van der Waals surface area contributed by atoms with Crippen LogP contribution in [0, 0.1) is 6.92 Å². The fourth-order valence-electron chi connectivity index (χ4n) is 4.49. The summed E-state index contributed by atoms with van der Waals surface area (Å²) < 4.78 is 13.2. The minimum Gasteiger partial charge on any atom is -0.373 e. The highest BCUT2D eigenvalue weighted by atomic mass is 35.5. The van der Waals surface area contributed by atoms with Gasteiger partial charge in [-0.2, -0.15) is 4.98 Å². The fraction of sp³-hybridized carbons (Fsp3) is 0.455. The van der Waals surface area contributed by atoms with Crippen molar-refractivity contribution in [3.63, 3.8) is 0 Å². The van der Waals surface area contributed by atoms with E-state index in [0.717, 1.165) is 25.1 Å². The van der Waals surface area contributed by atoms with Gasteiger partial charge in [-0.05, 0) is 31.0 Å². The zero-order valence-electron chi connectivity index (χ0n) is 18.6. The molecule has 178 valence electrons. The third-order valence-corrected chi connectivity index (χ3v) is 6.74. The molecule has 1 aromatic carbocycles. The van der Waals surface area contributed by atoms with Crippen LogP contribution in [0.15, 0.2) is 28.8 Å². The Bertz CT molecular complexity index is 1210. The van der Waals surface area contributed by atoms with Crippen LogP contribution in [0.2, 0.25) is 5.02 Å². The quantitative estimate of drug-likeness (QED) is 0.482. The summed E-state index contributed by atoms with van der Waals surface area (Å²) in [6.07, 6.45) is 0.731. The second-order valence-corrected chi connectivity index (χ2v) is 9.31. The molecule has 11 nitrogen and oxygen atoms in total. The summed E-state index contributed by atoms with van der Waals surface area (Å²) >= 11 is 5.99. The van der Waals surface area contributed by atoms with E-state index in [9.17, 15) is 4.79 Å². The topological polar surface area (TPSA) is 122 Å². The van der Waals surface area contributed by atoms with Crippen molar-refractivity contribution in [2.45, 2.75) is 38.0 Å². The second kappa shape index (κ2) is 8.57. The third-order valence-electron chi connectivity index (χ3n) is 6.49. The van der Waals surface area contributed by atoms with Gasteiger partial charge in [-0.1, -0.05) is 28.9 Å². The number of imidazole rings is 1. The fourth-order valence-corrected chi connectivity index (χ4v) is 4.61. The van der Waals surface area contributed by atoms with Gasteiger partial charge in [0.25, 0.3) is 5.91 Å². The van der Waals surface area contributed by atoms with Crippen molar-refractivity contribution >= 4 is 23.5 Å². The number of nitrogens with zero attached hydrogens (tertiary/aromatic N) is 5. The molecule has 0 unspecified atom stereocenters. The summed E-state index contributed by atoms with van der Waals surface area (Å²) in [7, 11) is 0. The molecule has 0 bridgehead atoms. The van der Waals surface area contributed by atoms with Gasteiger partial charge in [0.15, 0.2) is 11.5 Å². The Labute approximate surface area is 200 Å². The molecule has 3 N–H and O–H groups in total. The molecule has 5 heterocycles. The van der Waals surface area contributed by atoms with Crippen LogP contribution in [0.1, 0.15) is 51.9 Å². The van der Waals surface area contributed by atoms with E-state index in [1.807, 2.05) is 31.2 Å². The maximum absolute atomic E-state index is 13.2. The van der Waals surface area contributed by atoms with Gasteiger partial charge in [-0.15, -0.1) is 0 Å². The normalized spacial score (nSPS) is 22.4. The second-order valence-electron chi connectivity index (χ2n) is 8.88. The molecule has 2 atom stereocenters. The van der Waals surface area contributed by atoms with Crippen LogP contribution in [0.25, 0.3) is 0 Å². The van der Waals surface area contributed by atoms with E-state index in [0.29, 0.717) is 53.4 Å². The molecule has 3 aliphatic rings. The molecule has 3 aliphatic heterocycles. The first kappa shape index (κ1) is 21.4. The Morgan fingerprint density at radius 2 is 2.06 bits per heavy atom. The van der Waals surface area contributed by atoms with Crippen LogP contribution in [-0.4, -0.2) is 63.0 Å². The predicted molar refractivity (Wildman–Crippen MR) is 123 cm³/mol. The van der Waals surface area contributed by atoms with Crippen molar-refractivity contribution in [3.05, 3.63) is 58.0 Å². The van der Waals surface area contributed by atoms with Gasteiger partial charge < -0.3 is 30.2 Å². The number of rotatable bonds is 6. The summed E-state index contributed by atoms with van der Waals surface area (Å²) in [6, 6.07) is 7.99. The smallest absolute Gasteiger partial charge is 0.276 e. The maximum atomic E-state index is 13.2. The van der Waals surface area contributed by atoms with Crippen LogP contribution >= 0.6 is 11.6 Å². The van der Waals surface area contributed by atoms with E-state index >= 15 is 0 Å². The minimum absolute atomic E-state index is 0.0288. The number of hydrogen-bond acceptors (Lipinski definition) is 9. The zero-order chi connectivity index (χ0) is 23.2. The Kier molecular flexibility index (Phi) is 5.39. The van der Waals surface area contributed by atoms with E-state index in [-0.39, 0.29) is 24.5 Å². The van der Waals surface area contributed by atoms with Crippen molar-refractivity contribution in [1.29, 1.82) is 0 Å². The zero-order valence-corrected chi connectivity index (χ0v) is 19.4. The van der Waals surface area contributed by atoms with Gasteiger partial charge in [0.2, 0.25) is 11.8 Å². The lowest BCUT2D eigenvalue weighted by atomic mass is 10.0. The van der Waals surface area contributed by atoms with E-state index in [1.54, 1.807) is 9.58 Å². The Balaban J connectivity index is 1.11. The molecule has 0 saturated carbocycles. The molecule has 2 aromatic heterocycles. The van der Waals surface area contributed by atoms with Crippen LogP contribution in [0.4, 0.5) is 5.95 Å². The highest BCUT2D eigenvalue weighted by Crippen LogP contribution is 2.37. The van der Waals surface area contributed by atoms with Crippen molar-refractivity contribution in [3.8, 4) is 0 Å². The van der Waals surface area contributed by atoms with E-state index in [4.69, 9.17) is 20.9 Å². The predicted octanol–water partition coefficient (Wildman–Crippen LogP) is 2.01. The van der Waals surface area contributed by atoms with Gasteiger partial charge in [-0.25, -0.2) is 9.66 Å². The van der Waals surface area contributed by atoms with Crippen LogP contribution in [0.5, 0.6) is 0 Å². The molecule has 0 spiro atoms. The van der Waals surface area contributed by atoms with Crippen molar-refractivity contribution in [2.24, 2.45) is 0 Å². The molecule has 2 fully saturated rings. The van der Waals surface area contributed by atoms with E-state index < -0.39 is 0 Å². The number of ether oxygens (including phenoxy) is 1. The third kappa shape index (κ3) is 3.89. The SMILES string of the molecule is Cc1nc(NC2CNC2)n2c1C(=O)N(Cc1nc([C@@H]3CO[C@@H](c4ccc(Cl)cc4)C3)no1)CN2. The van der Waals surface area contributed by atoms with Gasteiger partial charge in [-0.3, -0.25) is 4.79 Å². The molecule has 6 rings (SSSR count). The Morgan fingerprint density at radius 3 is 2.82 bits per heavy atom. The Hall–Kier alpha value is -3.15. The number of carbonyl (C=O) groups is 1. The summed E-state index contributed by atoms with van der Waals surface area (Å²) in [6.45, 7) is 4.64. The minimum atomic E-state index is -0.129. The van der Waals surface area contributed by atoms with Crippen LogP contribution < -0.4 is 16.1 Å².